The van der Waals surface area contributed by atoms with Crippen molar-refractivity contribution in [3.05, 3.63) is 17.8 Å². The van der Waals surface area contributed by atoms with Crippen LogP contribution in [0.4, 0.5) is 5.82 Å². The van der Waals surface area contributed by atoms with Gasteiger partial charge in [0.2, 0.25) is 0 Å². The van der Waals surface area contributed by atoms with E-state index in [1.54, 1.807) is 0 Å². The summed E-state index contributed by atoms with van der Waals surface area (Å²) in [5.74, 6) is 0.911. The van der Waals surface area contributed by atoms with Gasteiger partial charge < -0.3 is 14.7 Å². The lowest BCUT2D eigenvalue weighted by Gasteiger charge is -2.36. The lowest BCUT2D eigenvalue weighted by atomic mass is 10.0. The predicted octanol–water partition coefficient (Wildman–Crippen LogP) is 1.63. The second kappa shape index (κ2) is 7.25. The average Bonchev–Trinajstić information content (AvgIpc) is 2.62. The van der Waals surface area contributed by atoms with Gasteiger partial charge in [0, 0.05) is 38.8 Å². The van der Waals surface area contributed by atoms with E-state index in [0.29, 0.717) is 11.7 Å². The Morgan fingerprint density at radius 1 is 1.13 bits per heavy atom. The van der Waals surface area contributed by atoms with E-state index in [0.717, 1.165) is 45.0 Å². The molecular formula is C17H27N5O. The molecule has 0 spiro atoms. The Kier molecular flexibility index (Phi) is 5.10. The number of anilines is 1. The van der Waals surface area contributed by atoms with Gasteiger partial charge in [-0.15, -0.1) is 10.2 Å². The SMILES string of the molecule is CCC1CCCCN1c1ccc(C(=O)N2CCN(C)CC2)nn1. The van der Waals surface area contributed by atoms with Crippen LogP contribution in [-0.2, 0) is 0 Å². The summed E-state index contributed by atoms with van der Waals surface area (Å²) in [7, 11) is 2.08. The zero-order valence-electron chi connectivity index (χ0n) is 14.2. The summed E-state index contributed by atoms with van der Waals surface area (Å²) < 4.78 is 0. The zero-order chi connectivity index (χ0) is 16.2. The molecule has 126 valence electrons. The van der Waals surface area contributed by atoms with Crippen molar-refractivity contribution in [3.8, 4) is 0 Å². The Labute approximate surface area is 138 Å². The van der Waals surface area contributed by atoms with E-state index >= 15 is 0 Å². The molecule has 2 saturated heterocycles. The van der Waals surface area contributed by atoms with Gasteiger partial charge in [-0.25, -0.2) is 0 Å². The fraction of sp³-hybridized carbons (Fsp3) is 0.706. The Morgan fingerprint density at radius 2 is 1.91 bits per heavy atom. The molecule has 1 aromatic heterocycles. The van der Waals surface area contributed by atoms with Crippen LogP contribution in [0.15, 0.2) is 12.1 Å². The molecule has 6 heteroatoms. The van der Waals surface area contributed by atoms with Gasteiger partial charge in [-0.05, 0) is 44.9 Å². The standard InChI is InChI=1S/C17H27N5O/c1-3-14-6-4-5-9-22(14)16-8-7-15(18-19-16)17(23)21-12-10-20(2)11-13-21/h7-8,14H,3-6,9-13H2,1-2H3. The third kappa shape index (κ3) is 3.63. The fourth-order valence-electron chi connectivity index (χ4n) is 3.49. The first-order valence-electron chi connectivity index (χ1n) is 8.77. The molecule has 3 heterocycles. The van der Waals surface area contributed by atoms with Gasteiger partial charge in [-0.3, -0.25) is 4.79 Å². The van der Waals surface area contributed by atoms with E-state index < -0.39 is 0 Å². The largest absolute Gasteiger partial charge is 0.352 e. The minimum absolute atomic E-state index is 0.00263. The highest BCUT2D eigenvalue weighted by Crippen LogP contribution is 2.24. The smallest absolute Gasteiger partial charge is 0.274 e. The number of piperazine rings is 1. The van der Waals surface area contributed by atoms with E-state index in [1.807, 2.05) is 17.0 Å². The Balaban J connectivity index is 1.68. The first-order chi connectivity index (χ1) is 11.2. The maximum atomic E-state index is 12.5. The number of hydrogen-bond donors (Lipinski definition) is 0. The lowest BCUT2D eigenvalue weighted by molar-refractivity contribution is 0.0657. The van der Waals surface area contributed by atoms with E-state index in [1.165, 1.54) is 19.3 Å². The Morgan fingerprint density at radius 3 is 2.57 bits per heavy atom. The zero-order valence-corrected chi connectivity index (χ0v) is 14.2. The first-order valence-corrected chi connectivity index (χ1v) is 8.77. The highest BCUT2D eigenvalue weighted by molar-refractivity contribution is 5.92. The molecule has 0 bridgehead atoms. The molecule has 1 atom stereocenters. The van der Waals surface area contributed by atoms with Gasteiger partial charge >= 0.3 is 0 Å². The van der Waals surface area contributed by atoms with Gasteiger partial charge in [0.25, 0.3) is 5.91 Å². The summed E-state index contributed by atoms with van der Waals surface area (Å²) in [6.45, 7) is 6.64. The van der Waals surface area contributed by atoms with Gasteiger partial charge in [0.15, 0.2) is 11.5 Å². The summed E-state index contributed by atoms with van der Waals surface area (Å²) in [6, 6.07) is 4.35. The highest BCUT2D eigenvalue weighted by Gasteiger charge is 2.24. The summed E-state index contributed by atoms with van der Waals surface area (Å²) in [5.41, 5.74) is 0.461. The summed E-state index contributed by atoms with van der Waals surface area (Å²) in [4.78, 5) is 19.0. The van der Waals surface area contributed by atoms with Crippen molar-refractivity contribution >= 4 is 11.7 Å². The predicted molar refractivity (Wildman–Crippen MR) is 90.7 cm³/mol. The van der Waals surface area contributed by atoms with E-state index in [4.69, 9.17) is 0 Å². The van der Waals surface area contributed by atoms with Gasteiger partial charge in [-0.1, -0.05) is 6.92 Å². The molecule has 1 unspecified atom stereocenters. The van der Waals surface area contributed by atoms with E-state index in [2.05, 4.69) is 34.0 Å². The molecule has 0 aliphatic carbocycles. The van der Waals surface area contributed by atoms with Crippen molar-refractivity contribution in [2.75, 3.05) is 44.7 Å². The molecule has 0 N–H and O–H groups in total. The molecule has 2 aliphatic rings. The molecule has 2 fully saturated rings. The maximum Gasteiger partial charge on any atom is 0.274 e. The van der Waals surface area contributed by atoms with Crippen LogP contribution in [0.2, 0.25) is 0 Å². The number of nitrogens with zero attached hydrogens (tertiary/aromatic N) is 5. The molecule has 23 heavy (non-hydrogen) atoms. The van der Waals surface area contributed by atoms with E-state index in [9.17, 15) is 4.79 Å². The number of hydrogen-bond acceptors (Lipinski definition) is 5. The minimum atomic E-state index is 0.00263. The number of rotatable bonds is 3. The molecule has 0 aromatic carbocycles. The average molecular weight is 317 g/mol. The molecular weight excluding hydrogens is 290 g/mol. The molecule has 0 radical (unpaired) electrons. The van der Waals surface area contributed by atoms with Crippen molar-refractivity contribution < 1.29 is 4.79 Å². The first kappa shape index (κ1) is 16.2. The highest BCUT2D eigenvalue weighted by atomic mass is 16.2. The molecule has 1 amide bonds. The second-order valence-electron chi connectivity index (χ2n) is 6.62. The Hall–Kier alpha value is -1.69. The third-order valence-corrected chi connectivity index (χ3v) is 5.05. The van der Waals surface area contributed by atoms with Crippen LogP contribution in [-0.4, -0.2) is 71.7 Å². The topological polar surface area (TPSA) is 52.6 Å². The Bertz CT molecular complexity index is 524. The maximum absolute atomic E-state index is 12.5. The quantitative estimate of drug-likeness (QED) is 0.848. The van der Waals surface area contributed by atoms with Crippen molar-refractivity contribution in [2.45, 2.75) is 38.6 Å². The van der Waals surface area contributed by atoms with Crippen molar-refractivity contribution in [3.63, 3.8) is 0 Å². The number of likely N-dealkylation sites (N-methyl/N-ethyl adjacent to an activating group) is 1. The number of carbonyl (C=O) groups is 1. The monoisotopic (exact) mass is 317 g/mol. The van der Waals surface area contributed by atoms with Gasteiger partial charge in [0.05, 0.1) is 0 Å². The number of amides is 1. The number of piperidine rings is 1. The number of aromatic nitrogens is 2. The van der Waals surface area contributed by atoms with Crippen LogP contribution in [0.25, 0.3) is 0 Å². The van der Waals surface area contributed by atoms with Crippen molar-refractivity contribution in [1.29, 1.82) is 0 Å². The molecule has 6 nitrogen and oxygen atoms in total. The van der Waals surface area contributed by atoms with Crippen LogP contribution >= 0.6 is 0 Å². The van der Waals surface area contributed by atoms with Crippen molar-refractivity contribution in [2.24, 2.45) is 0 Å². The molecule has 1 aromatic rings. The van der Waals surface area contributed by atoms with Gasteiger partial charge in [-0.2, -0.15) is 0 Å². The van der Waals surface area contributed by atoms with Crippen LogP contribution < -0.4 is 4.90 Å². The van der Waals surface area contributed by atoms with Crippen LogP contribution in [0.1, 0.15) is 43.1 Å². The lowest BCUT2D eigenvalue weighted by Crippen LogP contribution is -2.47. The summed E-state index contributed by atoms with van der Waals surface area (Å²) in [5, 5.41) is 8.57. The fourth-order valence-corrected chi connectivity index (χ4v) is 3.49. The summed E-state index contributed by atoms with van der Waals surface area (Å²) in [6.07, 6.45) is 4.85. The van der Waals surface area contributed by atoms with Crippen LogP contribution in [0.3, 0.4) is 0 Å². The molecule has 3 rings (SSSR count). The molecule has 0 saturated carbocycles. The molecule has 2 aliphatic heterocycles. The third-order valence-electron chi connectivity index (χ3n) is 5.05. The number of carbonyl (C=O) groups excluding carboxylic acids is 1. The minimum Gasteiger partial charge on any atom is -0.352 e. The van der Waals surface area contributed by atoms with Crippen LogP contribution in [0.5, 0.6) is 0 Å². The van der Waals surface area contributed by atoms with Crippen LogP contribution in [0, 0.1) is 0 Å². The van der Waals surface area contributed by atoms with Crippen molar-refractivity contribution in [1.82, 2.24) is 20.0 Å². The normalized spacial score (nSPS) is 23.1. The summed E-state index contributed by atoms with van der Waals surface area (Å²) >= 11 is 0. The van der Waals surface area contributed by atoms with Gasteiger partial charge in [0.1, 0.15) is 0 Å². The van der Waals surface area contributed by atoms with E-state index in [-0.39, 0.29) is 5.91 Å². The second-order valence-corrected chi connectivity index (χ2v) is 6.62.